The topological polar surface area (TPSA) is 242 Å². The van der Waals surface area contributed by atoms with Gasteiger partial charge in [0, 0.05) is 70.1 Å². The number of thiazole rings is 1. The highest BCUT2D eigenvalue weighted by atomic mass is 32.1. The zero-order valence-corrected chi connectivity index (χ0v) is 43.6. The maximum atomic E-state index is 14.0. The van der Waals surface area contributed by atoms with Crippen molar-refractivity contribution in [3.63, 3.8) is 0 Å². The molecule has 2 saturated heterocycles. The third kappa shape index (κ3) is 15.8. The molecule has 7 rings (SSSR count). The molecule has 2 aromatic carbocycles. The van der Waals surface area contributed by atoms with E-state index in [0.29, 0.717) is 94.6 Å². The van der Waals surface area contributed by atoms with E-state index in [0.717, 1.165) is 33.8 Å². The molecule has 2 fully saturated rings. The highest BCUT2D eigenvalue weighted by molar-refractivity contribution is 7.13. The number of alkyl halides is 3. The number of likely N-dealkylation sites (tertiary alicyclic amines) is 2. The average molecular weight is 1070 g/mol. The zero-order chi connectivity index (χ0) is 54.6. The van der Waals surface area contributed by atoms with Crippen LogP contribution >= 0.6 is 11.3 Å². The van der Waals surface area contributed by atoms with Gasteiger partial charge in [-0.15, -0.1) is 24.5 Å². The number of carbonyl (C=O) groups excluding carboxylic acids is 6. The fourth-order valence-electron chi connectivity index (χ4n) is 8.89. The van der Waals surface area contributed by atoms with Gasteiger partial charge >= 0.3 is 6.36 Å². The van der Waals surface area contributed by atoms with Crippen molar-refractivity contribution in [2.75, 3.05) is 39.4 Å². The second kappa shape index (κ2) is 25.4. The summed E-state index contributed by atoms with van der Waals surface area (Å²) in [5, 5.41) is 8.54. The van der Waals surface area contributed by atoms with E-state index in [-0.39, 0.29) is 54.0 Å². The molecule has 0 spiro atoms. The van der Waals surface area contributed by atoms with Crippen LogP contribution in [0.25, 0.3) is 21.7 Å². The minimum Gasteiger partial charge on any atom is -0.474 e. The van der Waals surface area contributed by atoms with Crippen LogP contribution in [-0.4, -0.2) is 129 Å². The fourth-order valence-corrected chi connectivity index (χ4v) is 9.70. The number of primary amides is 1. The van der Waals surface area contributed by atoms with Gasteiger partial charge in [0.1, 0.15) is 42.7 Å². The van der Waals surface area contributed by atoms with Gasteiger partial charge in [0.25, 0.3) is 5.91 Å². The van der Waals surface area contributed by atoms with Gasteiger partial charge < -0.3 is 50.3 Å². The summed E-state index contributed by atoms with van der Waals surface area (Å²) in [5.41, 5.74) is 11.5. The van der Waals surface area contributed by atoms with E-state index in [9.17, 15) is 41.9 Å². The van der Waals surface area contributed by atoms with Crippen LogP contribution in [0.4, 0.5) is 13.2 Å². The second-order valence-corrected chi connectivity index (χ2v) is 20.6. The van der Waals surface area contributed by atoms with Gasteiger partial charge in [-0.2, -0.15) is 0 Å². The largest absolute Gasteiger partial charge is 0.573 e. The van der Waals surface area contributed by atoms with Crippen LogP contribution in [0.1, 0.15) is 86.5 Å². The minimum absolute atomic E-state index is 0.00745. The van der Waals surface area contributed by atoms with Crippen molar-refractivity contribution in [3.8, 4) is 33.3 Å². The van der Waals surface area contributed by atoms with Crippen LogP contribution in [0.5, 0.6) is 11.6 Å². The molecule has 5 aromatic rings. The van der Waals surface area contributed by atoms with Crippen molar-refractivity contribution in [3.05, 3.63) is 101 Å². The number of amides is 6. The predicted molar refractivity (Wildman–Crippen MR) is 274 cm³/mol. The first-order chi connectivity index (χ1) is 36.2. The summed E-state index contributed by atoms with van der Waals surface area (Å²) >= 11 is 1.57. The molecule has 6 amide bonds. The SMILES string of the molecule is Cc1ncsc1-c1ccc(CNC(=O)[C@@H]2CCCN2C(=O)C(NC(=O)COCC(=O)NCCCCn2cnc(-c3cnc(OC4CCN(C(=O)Cc5ccc(OC(F)(F)F)cc5)CC4)c(C(N)=O)c3)c2)C(C)(C)C)cc1. The van der Waals surface area contributed by atoms with E-state index in [2.05, 4.69) is 35.6 Å². The Bertz CT molecular complexity index is 2830. The average Bonchev–Trinajstić information content (AvgIpc) is 4.17. The monoisotopic (exact) mass is 1070 g/mol. The molecule has 0 aliphatic carbocycles. The third-order valence-corrected chi connectivity index (χ3v) is 13.9. The van der Waals surface area contributed by atoms with E-state index in [1.54, 1.807) is 39.7 Å². The Morgan fingerprint density at radius 1 is 0.855 bits per heavy atom. The highest BCUT2D eigenvalue weighted by Crippen LogP contribution is 2.30. The zero-order valence-electron chi connectivity index (χ0n) is 42.8. The van der Waals surface area contributed by atoms with Gasteiger partial charge in [-0.3, -0.25) is 28.8 Å². The van der Waals surface area contributed by atoms with Crippen molar-refractivity contribution < 1.29 is 56.1 Å². The molecule has 3 aromatic heterocycles. The smallest absolute Gasteiger partial charge is 0.474 e. The number of nitrogens with two attached hydrogens (primary N) is 1. The first-order valence-corrected chi connectivity index (χ1v) is 25.9. The molecule has 2 atom stereocenters. The number of halogens is 3. The molecular formula is C53H63F3N10O9S. The lowest BCUT2D eigenvalue weighted by atomic mass is 9.85. The number of imidazole rings is 1. The number of hydrogen-bond acceptors (Lipinski definition) is 13. The Morgan fingerprint density at radius 3 is 2.24 bits per heavy atom. The minimum atomic E-state index is -4.81. The number of aromatic nitrogens is 4. The van der Waals surface area contributed by atoms with Crippen molar-refractivity contribution in [1.82, 2.24) is 45.3 Å². The number of benzene rings is 2. The highest BCUT2D eigenvalue weighted by Gasteiger charge is 2.42. The molecule has 0 radical (unpaired) electrons. The number of unbranched alkanes of at least 4 members (excludes halogenated alkanes) is 1. The first-order valence-electron chi connectivity index (χ1n) is 25.0. The normalized spacial score (nSPS) is 15.5. The number of aryl methyl sites for hydroxylation is 2. The molecule has 406 valence electrons. The molecular weight excluding hydrogens is 1010 g/mol. The lowest BCUT2D eigenvalue weighted by molar-refractivity contribution is -0.274. The molecule has 23 heteroatoms. The first kappa shape index (κ1) is 56.3. The van der Waals surface area contributed by atoms with E-state index in [1.807, 2.05) is 62.0 Å². The predicted octanol–water partition coefficient (Wildman–Crippen LogP) is 5.74. The standard InChI is InChI=1S/C53H63F3N10O9S/c1-33-46(76-32-62-33)36-13-9-35(10-14-36)26-59-49(71)42-8-7-21-66(42)51(72)47(52(2,3)4)63-44(68)30-73-29-43(67)58-19-5-6-20-64-28-41(61-31-64)37-25-40(48(57)70)50(60-27-37)74-38-17-22-65(23-18-38)45(69)24-34-11-15-39(16-12-34)75-53(54,55)56/h9-16,25,27-28,31-32,38,42,47H,5-8,17-24,26,29-30H2,1-4H3,(H2,57,70)(H,58,67)(H,59,71)(H,63,68)/t42-,47?/m0/s1. The molecule has 5 N–H and O–H groups in total. The van der Waals surface area contributed by atoms with Gasteiger partial charge in [0.05, 0.1) is 34.5 Å². The number of piperidine rings is 1. The van der Waals surface area contributed by atoms with Crippen molar-refractivity contribution in [2.45, 2.75) is 110 Å². The number of pyridine rings is 1. The van der Waals surface area contributed by atoms with Crippen LogP contribution in [-0.2, 0) is 48.2 Å². The van der Waals surface area contributed by atoms with Gasteiger partial charge in [-0.25, -0.2) is 15.0 Å². The molecule has 1 unspecified atom stereocenters. The Morgan fingerprint density at radius 2 is 1.57 bits per heavy atom. The Hall–Kier alpha value is -7.40. The molecule has 2 aliphatic heterocycles. The lowest BCUT2D eigenvalue weighted by Crippen LogP contribution is -2.58. The summed E-state index contributed by atoms with van der Waals surface area (Å²) < 4.78 is 54.7. The fraction of sp³-hybridized carbons (Fsp3) is 0.453. The molecule has 0 saturated carbocycles. The Labute approximate surface area is 442 Å². The van der Waals surface area contributed by atoms with Gasteiger partial charge in [-0.1, -0.05) is 57.2 Å². The third-order valence-electron chi connectivity index (χ3n) is 12.9. The summed E-state index contributed by atoms with van der Waals surface area (Å²) in [7, 11) is 0. The second-order valence-electron chi connectivity index (χ2n) is 19.8. The van der Waals surface area contributed by atoms with Gasteiger partial charge in [0.2, 0.25) is 35.4 Å². The molecule has 19 nitrogen and oxygen atoms in total. The maximum absolute atomic E-state index is 14.0. The number of nitrogens with zero attached hydrogens (tertiary/aromatic N) is 6. The number of hydrogen-bond donors (Lipinski definition) is 4. The van der Waals surface area contributed by atoms with Crippen molar-refractivity contribution in [1.29, 1.82) is 0 Å². The van der Waals surface area contributed by atoms with Crippen molar-refractivity contribution >= 4 is 46.8 Å². The summed E-state index contributed by atoms with van der Waals surface area (Å²) in [5.74, 6) is -2.83. The van der Waals surface area contributed by atoms with Gasteiger partial charge in [-0.05, 0) is 72.9 Å². The van der Waals surface area contributed by atoms with Crippen LogP contribution in [0.3, 0.4) is 0 Å². The van der Waals surface area contributed by atoms with Gasteiger partial charge in [0.15, 0.2) is 0 Å². The lowest BCUT2D eigenvalue weighted by Gasteiger charge is -2.35. The number of rotatable bonds is 22. The van der Waals surface area contributed by atoms with E-state index < -0.39 is 48.2 Å². The van der Waals surface area contributed by atoms with E-state index in [4.69, 9.17) is 15.2 Å². The Balaban J connectivity index is 0.782. The summed E-state index contributed by atoms with van der Waals surface area (Å²) in [6.07, 6.45) is 3.16. The molecule has 76 heavy (non-hydrogen) atoms. The van der Waals surface area contributed by atoms with Crippen LogP contribution in [0.2, 0.25) is 0 Å². The number of nitrogens with one attached hydrogen (secondary N) is 3. The maximum Gasteiger partial charge on any atom is 0.573 e. The van der Waals surface area contributed by atoms with Crippen molar-refractivity contribution in [2.24, 2.45) is 11.1 Å². The van der Waals surface area contributed by atoms with Crippen LogP contribution in [0, 0.1) is 12.3 Å². The quantitative estimate of drug-likeness (QED) is 0.0607. The summed E-state index contributed by atoms with van der Waals surface area (Å²) in [6.45, 7) is 8.97. The number of carbonyl (C=O) groups is 6. The summed E-state index contributed by atoms with van der Waals surface area (Å²) in [4.78, 5) is 95.9. The molecule has 5 heterocycles. The van der Waals surface area contributed by atoms with Crippen LogP contribution < -0.4 is 31.2 Å². The Kier molecular flexibility index (Phi) is 18.8. The molecule has 2 aliphatic rings. The number of ether oxygens (including phenoxy) is 3. The summed E-state index contributed by atoms with van der Waals surface area (Å²) in [6, 6.07) is 13.0. The van der Waals surface area contributed by atoms with Crippen LogP contribution in [0.15, 0.2) is 78.8 Å². The molecule has 0 bridgehead atoms. The van der Waals surface area contributed by atoms with E-state index >= 15 is 0 Å². The van der Waals surface area contributed by atoms with E-state index in [1.165, 1.54) is 18.3 Å².